The third-order valence-electron chi connectivity index (χ3n) is 19.1. The molecule has 1 aromatic heterocycles. The van der Waals surface area contributed by atoms with Crippen molar-refractivity contribution in [3.8, 4) is 5.75 Å². The molecule has 9 rings (SSSR count). The van der Waals surface area contributed by atoms with Gasteiger partial charge in [-0.25, -0.2) is 4.79 Å². The van der Waals surface area contributed by atoms with Gasteiger partial charge in [0.1, 0.15) is 29.9 Å². The molecule has 446 valence electrons. The molecule has 2 bridgehead atoms. The van der Waals surface area contributed by atoms with E-state index < -0.39 is 82.3 Å². The minimum Gasteiger partial charge on any atom is -0.496 e. The number of hydrogen-bond donors (Lipinski definition) is 6. The first-order valence-corrected chi connectivity index (χ1v) is 29.4. The number of benzene rings is 2. The van der Waals surface area contributed by atoms with Gasteiger partial charge in [0.25, 0.3) is 0 Å². The third kappa shape index (κ3) is 11.1. The van der Waals surface area contributed by atoms with Crippen LogP contribution in [0.15, 0.2) is 48.6 Å². The van der Waals surface area contributed by atoms with E-state index in [0.717, 1.165) is 40.0 Å². The Kier molecular flexibility index (Phi) is 18.6. The fraction of sp³-hybridized carbons (Fsp3) is 0.672. The van der Waals surface area contributed by atoms with Gasteiger partial charge < -0.3 is 64.0 Å². The number of amides is 1. The van der Waals surface area contributed by atoms with E-state index in [2.05, 4.69) is 61.1 Å². The molecule has 6 heterocycles. The van der Waals surface area contributed by atoms with Gasteiger partial charge in [-0.15, -0.1) is 0 Å². The van der Waals surface area contributed by atoms with Crippen molar-refractivity contribution in [2.75, 3.05) is 99.0 Å². The molecule has 5 aliphatic heterocycles. The molecule has 3 aromatic rings. The summed E-state index contributed by atoms with van der Waals surface area (Å²) in [5.74, 6) is -1.60. The summed E-state index contributed by atoms with van der Waals surface area (Å²) in [6.45, 7) is 11.4. The number of H-pyrrole nitrogens is 1. The van der Waals surface area contributed by atoms with E-state index in [9.17, 15) is 34.8 Å². The number of aromatic nitrogens is 1. The van der Waals surface area contributed by atoms with Gasteiger partial charge in [0.05, 0.1) is 58.0 Å². The van der Waals surface area contributed by atoms with Crippen LogP contribution in [0.2, 0.25) is 0 Å². The quantitative estimate of drug-likeness (QED) is 0.0244. The van der Waals surface area contributed by atoms with Crippen LogP contribution in [-0.2, 0) is 60.1 Å². The third-order valence-corrected chi connectivity index (χ3v) is 19.1. The lowest BCUT2D eigenvalue weighted by Gasteiger charge is -2.60. The summed E-state index contributed by atoms with van der Waals surface area (Å²) in [7, 11) is 6.46. The van der Waals surface area contributed by atoms with E-state index in [1.54, 1.807) is 14.0 Å². The molecule has 9 unspecified atom stereocenters. The van der Waals surface area contributed by atoms with Crippen molar-refractivity contribution in [3.63, 3.8) is 0 Å². The first kappa shape index (κ1) is 60.4. The highest BCUT2D eigenvalue weighted by molar-refractivity contribution is 5.94. The van der Waals surface area contributed by atoms with Gasteiger partial charge in [-0.2, -0.15) is 0 Å². The van der Waals surface area contributed by atoms with E-state index in [0.29, 0.717) is 102 Å². The summed E-state index contributed by atoms with van der Waals surface area (Å²) in [6, 6.07) is 10.7. The molecule has 2 aromatic carbocycles. The highest BCUT2D eigenvalue weighted by Crippen LogP contribution is 2.66. The molecular formula is C61H88N6O14. The zero-order valence-electron chi connectivity index (χ0n) is 48.7. The number of rotatable bonds is 24. The number of esters is 3. The molecule has 20 nitrogen and oxygen atoms in total. The number of carbonyl (C=O) groups is 4. The maximum absolute atomic E-state index is 15.6. The summed E-state index contributed by atoms with van der Waals surface area (Å²) in [5, 5.41) is 50.6. The summed E-state index contributed by atoms with van der Waals surface area (Å²) in [4.78, 5) is 66.8. The second-order valence-electron chi connectivity index (χ2n) is 23.8. The summed E-state index contributed by atoms with van der Waals surface area (Å²) in [6.07, 6.45) is 5.22. The molecule has 2 saturated heterocycles. The van der Waals surface area contributed by atoms with Crippen LogP contribution in [0, 0.1) is 11.3 Å². The molecule has 6 aliphatic rings. The van der Waals surface area contributed by atoms with Gasteiger partial charge in [-0.3, -0.25) is 29.1 Å². The van der Waals surface area contributed by atoms with Gasteiger partial charge in [0.15, 0.2) is 6.29 Å². The van der Waals surface area contributed by atoms with E-state index in [4.69, 9.17) is 28.4 Å². The predicted octanol–water partition coefficient (Wildman–Crippen LogP) is 4.05. The van der Waals surface area contributed by atoms with Crippen LogP contribution in [0.5, 0.6) is 5.75 Å². The zero-order chi connectivity index (χ0) is 58.0. The van der Waals surface area contributed by atoms with Gasteiger partial charge >= 0.3 is 17.9 Å². The van der Waals surface area contributed by atoms with Crippen LogP contribution in [-0.4, -0.2) is 206 Å². The number of nitrogens with one attached hydrogen (secondary N) is 2. The standard InChI is InChI=1S/C61H88N6O14/c1-9-40(34-68)81-50(77-7)35-80-49(70)20-14-19-48(69)62-38(4)55(73)79-28-16-24-64(5)37-67-46-30-47(76-6)44(29-43(46)60-23-27-66-25-15-22-59(11-3,56(60)66)54(72)51(71)53(60)67)61(57(74)78-8)32-39-31-58(75,10-2)36-65(33-39)26-21-42-41-17-12-13-18-45(41)63-52(42)61/h12-13,15,17-18,22,29-30,38-40,50-51,53-54,56,63,68,71-72,75H,9-11,14,16,19-21,23-28,31-37H2,1-8H3,(H,62,69)/t38?,39?,40?,50?,51-,53?,54-,56?,58?,59-,60?,61-/m0/s1. The average Bonchev–Trinajstić information content (AvgIpc) is 4.36. The van der Waals surface area contributed by atoms with Crippen LogP contribution in [0.25, 0.3) is 10.9 Å². The molecule has 6 N–H and O–H groups in total. The molecule has 1 spiro atoms. The lowest BCUT2D eigenvalue weighted by molar-refractivity contribution is -0.194. The lowest BCUT2D eigenvalue weighted by Crippen LogP contribution is -2.74. The maximum Gasteiger partial charge on any atom is 0.328 e. The monoisotopic (exact) mass is 1130 g/mol. The van der Waals surface area contributed by atoms with Crippen molar-refractivity contribution in [3.05, 3.63) is 70.9 Å². The number of fused-ring (bicyclic) bond motifs is 6. The number of ether oxygens (including phenoxy) is 6. The highest BCUT2D eigenvalue weighted by atomic mass is 16.7. The average molecular weight is 1130 g/mol. The van der Waals surface area contributed by atoms with Gasteiger partial charge in [-0.1, -0.05) is 51.1 Å². The van der Waals surface area contributed by atoms with E-state index in [-0.39, 0.29) is 51.0 Å². The fourth-order valence-electron chi connectivity index (χ4n) is 15.2. The molecule has 1 amide bonds. The Bertz CT molecular complexity index is 2770. The molecule has 1 aliphatic carbocycles. The number of nitrogens with zero attached hydrogens (tertiary/aromatic N) is 4. The van der Waals surface area contributed by atoms with Gasteiger partial charge in [0.2, 0.25) is 5.91 Å². The normalized spacial score (nSPS) is 30.5. The minimum absolute atomic E-state index is 0.0133. The lowest BCUT2D eigenvalue weighted by atomic mass is 9.51. The van der Waals surface area contributed by atoms with Gasteiger partial charge in [-0.05, 0) is 107 Å². The van der Waals surface area contributed by atoms with Crippen molar-refractivity contribution in [2.45, 2.75) is 157 Å². The first-order chi connectivity index (χ1) is 38.9. The van der Waals surface area contributed by atoms with E-state index >= 15 is 4.79 Å². The number of aliphatic hydroxyl groups excluding tert-OH is 3. The number of piperidine rings is 1. The number of methoxy groups -OCH3 is 3. The number of aliphatic hydroxyl groups is 4. The smallest absolute Gasteiger partial charge is 0.328 e. The van der Waals surface area contributed by atoms with Crippen LogP contribution in [0.4, 0.5) is 5.69 Å². The predicted molar refractivity (Wildman–Crippen MR) is 303 cm³/mol. The second-order valence-corrected chi connectivity index (χ2v) is 23.8. The maximum atomic E-state index is 15.6. The molecule has 13 atom stereocenters. The van der Waals surface area contributed by atoms with Crippen molar-refractivity contribution < 1.29 is 68.0 Å². The van der Waals surface area contributed by atoms with Crippen LogP contribution in [0.1, 0.15) is 114 Å². The van der Waals surface area contributed by atoms with Crippen LogP contribution in [0.3, 0.4) is 0 Å². The van der Waals surface area contributed by atoms with Crippen molar-refractivity contribution in [2.24, 2.45) is 11.3 Å². The Morgan fingerprint density at radius 1 is 0.975 bits per heavy atom. The number of aromatic amines is 1. The summed E-state index contributed by atoms with van der Waals surface area (Å²) < 4.78 is 34.2. The molecule has 20 heteroatoms. The summed E-state index contributed by atoms with van der Waals surface area (Å²) in [5.41, 5.74) is 1.33. The Morgan fingerprint density at radius 3 is 2.48 bits per heavy atom. The Balaban J connectivity index is 0.971. The molecule has 0 radical (unpaired) electrons. The van der Waals surface area contributed by atoms with Gasteiger partial charge in [0, 0.05) is 103 Å². The largest absolute Gasteiger partial charge is 0.496 e. The van der Waals surface area contributed by atoms with Crippen molar-refractivity contribution in [1.29, 1.82) is 0 Å². The number of carbonyl (C=O) groups excluding carboxylic acids is 4. The SMILES string of the molecule is CCC(CO)OC(COC(=O)CCCC(=O)NC(C)C(=O)OCCCN(C)CN1c2cc(OC)c([C@@]3(C(=O)OC)CC4CN(CCc5c3[nH]c3ccccc53)CC(O)(CC)C4)cc2C23CCN4CC=C[C@](CC)(C42)[C@@H](O)[C@@H](O)C13)OC. The topological polar surface area (TPSA) is 245 Å². The van der Waals surface area contributed by atoms with Crippen LogP contribution >= 0.6 is 0 Å². The van der Waals surface area contributed by atoms with Crippen molar-refractivity contribution >= 4 is 40.4 Å². The Labute approximate surface area is 476 Å². The molecular weight excluding hydrogens is 1040 g/mol. The van der Waals surface area contributed by atoms with E-state index in [1.807, 2.05) is 45.2 Å². The highest BCUT2D eigenvalue weighted by Gasteiger charge is 2.73. The second kappa shape index (κ2) is 25.0. The molecule has 1 saturated carbocycles. The fourth-order valence-corrected chi connectivity index (χ4v) is 15.2. The number of hydrogen-bond acceptors (Lipinski definition) is 18. The summed E-state index contributed by atoms with van der Waals surface area (Å²) >= 11 is 0. The Morgan fingerprint density at radius 2 is 1.77 bits per heavy atom. The van der Waals surface area contributed by atoms with Crippen molar-refractivity contribution in [1.82, 2.24) is 25.0 Å². The Hall–Kier alpha value is -5.16. The number of para-hydroxylation sites is 1. The number of anilines is 1. The molecule has 81 heavy (non-hydrogen) atoms. The van der Waals surface area contributed by atoms with Crippen LogP contribution < -0.4 is 15.0 Å². The first-order valence-electron chi connectivity index (χ1n) is 29.4. The minimum atomic E-state index is -1.43. The van der Waals surface area contributed by atoms with E-state index in [1.165, 1.54) is 14.2 Å². The molecule has 3 fully saturated rings. The zero-order valence-corrected chi connectivity index (χ0v) is 48.7.